The van der Waals surface area contributed by atoms with Gasteiger partial charge < -0.3 is 24.3 Å². The van der Waals surface area contributed by atoms with E-state index in [4.69, 9.17) is 9.47 Å². The minimum absolute atomic E-state index is 0.118. The number of carbonyl (C=O) groups is 2. The highest BCUT2D eigenvalue weighted by atomic mass is 16.5. The first-order valence-electron chi connectivity index (χ1n) is 10.5. The third-order valence-corrected chi connectivity index (χ3v) is 5.40. The van der Waals surface area contributed by atoms with Crippen molar-refractivity contribution in [2.24, 2.45) is 0 Å². The number of hydrogen-bond acceptors (Lipinski definition) is 6. The van der Waals surface area contributed by atoms with Crippen LogP contribution in [0.2, 0.25) is 0 Å². The van der Waals surface area contributed by atoms with E-state index in [9.17, 15) is 9.59 Å². The molecular formula is C23H27N5O4. The molecule has 2 heterocycles. The molecule has 1 aliphatic rings. The number of aromatic nitrogens is 2. The van der Waals surface area contributed by atoms with E-state index >= 15 is 0 Å². The van der Waals surface area contributed by atoms with Gasteiger partial charge in [-0.3, -0.25) is 14.9 Å². The maximum absolute atomic E-state index is 12.8. The van der Waals surface area contributed by atoms with Gasteiger partial charge in [-0.25, -0.2) is 4.98 Å². The van der Waals surface area contributed by atoms with Gasteiger partial charge in [0.1, 0.15) is 16.8 Å². The first-order valence-corrected chi connectivity index (χ1v) is 10.5. The zero-order valence-electron chi connectivity index (χ0n) is 18.5. The van der Waals surface area contributed by atoms with Gasteiger partial charge in [0.2, 0.25) is 5.95 Å². The van der Waals surface area contributed by atoms with Crippen LogP contribution in [0.4, 0.5) is 11.6 Å². The highest BCUT2D eigenvalue weighted by molar-refractivity contribution is 6.05. The molecule has 0 unspecified atom stereocenters. The molecule has 0 radical (unpaired) electrons. The van der Waals surface area contributed by atoms with Gasteiger partial charge in [-0.05, 0) is 42.8 Å². The van der Waals surface area contributed by atoms with Crippen LogP contribution >= 0.6 is 0 Å². The molecule has 2 aromatic carbocycles. The number of hydrogen-bond donors (Lipinski definition) is 2. The Labute approximate surface area is 186 Å². The van der Waals surface area contributed by atoms with Gasteiger partial charge in [0, 0.05) is 44.9 Å². The van der Waals surface area contributed by atoms with Gasteiger partial charge >= 0.3 is 0 Å². The van der Waals surface area contributed by atoms with Crippen LogP contribution in [0.15, 0.2) is 36.4 Å². The number of rotatable bonds is 5. The lowest BCUT2D eigenvalue weighted by atomic mass is 10.1. The number of carbonyl (C=O) groups excluding carboxylic acids is 2. The van der Waals surface area contributed by atoms with Crippen molar-refractivity contribution in [1.82, 2.24) is 14.9 Å². The predicted octanol–water partition coefficient (Wildman–Crippen LogP) is 2.75. The van der Waals surface area contributed by atoms with Crippen molar-refractivity contribution in [2.75, 3.05) is 57.7 Å². The van der Waals surface area contributed by atoms with Crippen molar-refractivity contribution in [2.45, 2.75) is 6.42 Å². The number of aromatic amines is 1. The van der Waals surface area contributed by atoms with Gasteiger partial charge in [-0.2, -0.15) is 0 Å². The number of fused-ring (bicyclic) bond motifs is 1. The highest BCUT2D eigenvalue weighted by Gasteiger charge is 2.19. The molecule has 0 bridgehead atoms. The quantitative estimate of drug-likeness (QED) is 0.637. The van der Waals surface area contributed by atoms with Crippen LogP contribution in [0, 0.1) is 0 Å². The highest BCUT2D eigenvalue weighted by Crippen LogP contribution is 2.33. The maximum Gasteiger partial charge on any atom is 0.257 e. The minimum Gasteiger partial charge on any atom is -0.494 e. The van der Waals surface area contributed by atoms with E-state index < -0.39 is 0 Å². The summed E-state index contributed by atoms with van der Waals surface area (Å²) in [4.78, 5) is 36.4. The van der Waals surface area contributed by atoms with Gasteiger partial charge in [-0.1, -0.05) is 0 Å². The van der Waals surface area contributed by atoms with Crippen molar-refractivity contribution in [1.29, 1.82) is 0 Å². The second kappa shape index (κ2) is 9.27. The Kier molecular flexibility index (Phi) is 6.27. The van der Waals surface area contributed by atoms with Gasteiger partial charge in [0.15, 0.2) is 0 Å². The van der Waals surface area contributed by atoms with E-state index in [0.717, 1.165) is 42.8 Å². The largest absolute Gasteiger partial charge is 0.494 e. The van der Waals surface area contributed by atoms with Crippen molar-refractivity contribution in [3.63, 3.8) is 0 Å². The van der Waals surface area contributed by atoms with Crippen molar-refractivity contribution >= 4 is 34.5 Å². The molecule has 0 saturated carbocycles. The van der Waals surface area contributed by atoms with Gasteiger partial charge in [0.25, 0.3) is 11.8 Å². The van der Waals surface area contributed by atoms with E-state index in [2.05, 4.69) is 20.2 Å². The number of amides is 2. The smallest absolute Gasteiger partial charge is 0.257 e. The van der Waals surface area contributed by atoms with E-state index in [-0.39, 0.29) is 11.8 Å². The van der Waals surface area contributed by atoms with Crippen LogP contribution < -0.4 is 15.0 Å². The molecule has 1 aromatic heterocycles. The molecule has 0 aliphatic carbocycles. The van der Waals surface area contributed by atoms with Crippen LogP contribution in [0.5, 0.6) is 5.75 Å². The zero-order valence-corrected chi connectivity index (χ0v) is 18.5. The first kappa shape index (κ1) is 21.6. The first-order chi connectivity index (χ1) is 15.5. The average molecular weight is 438 g/mol. The summed E-state index contributed by atoms with van der Waals surface area (Å²) in [5.74, 6) is 0.536. The maximum atomic E-state index is 12.8. The number of H-pyrrole nitrogens is 1. The fourth-order valence-corrected chi connectivity index (χ4v) is 3.73. The van der Waals surface area contributed by atoms with Gasteiger partial charge in [0.05, 0.1) is 19.4 Å². The summed E-state index contributed by atoms with van der Waals surface area (Å²) < 4.78 is 11.1. The van der Waals surface area contributed by atoms with Crippen molar-refractivity contribution in [3.8, 4) is 5.75 Å². The monoisotopic (exact) mass is 437 g/mol. The fourth-order valence-electron chi connectivity index (χ4n) is 3.73. The topological polar surface area (TPSA) is 99.8 Å². The second-order valence-electron chi connectivity index (χ2n) is 7.78. The Hall–Kier alpha value is -3.59. The molecular weight excluding hydrogens is 410 g/mol. The number of ether oxygens (including phenoxy) is 2. The number of anilines is 2. The molecule has 9 heteroatoms. The number of nitrogens with one attached hydrogen (secondary N) is 2. The third-order valence-electron chi connectivity index (χ3n) is 5.40. The summed E-state index contributed by atoms with van der Waals surface area (Å²) in [5, 5.41) is 2.81. The number of nitrogens with zero attached hydrogens (tertiary/aromatic N) is 3. The Morgan fingerprint density at radius 1 is 1.09 bits per heavy atom. The second-order valence-corrected chi connectivity index (χ2v) is 7.78. The average Bonchev–Trinajstić information content (AvgIpc) is 3.03. The summed E-state index contributed by atoms with van der Waals surface area (Å²) in [7, 11) is 4.97. The Morgan fingerprint density at radius 3 is 2.56 bits per heavy atom. The van der Waals surface area contributed by atoms with E-state index in [0.29, 0.717) is 29.4 Å². The van der Waals surface area contributed by atoms with Crippen LogP contribution in [-0.4, -0.2) is 74.2 Å². The molecule has 2 amide bonds. The van der Waals surface area contributed by atoms with Crippen molar-refractivity contribution < 1.29 is 19.1 Å². The molecule has 32 heavy (non-hydrogen) atoms. The molecule has 4 rings (SSSR count). The predicted molar refractivity (Wildman–Crippen MR) is 123 cm³/mol. The Bertz CT molecular complexity index is 1120. The van der Waals surface area contributed by atoms with Gasteiger partial charge in [-0.15, -0.1) is 0 Å². The summed E-state index contributed by atoms with van der Waals surface area (Å²) in [6.45, 7) is 3.05. The summed E-state index contributed by atoms with van der Waals surface area (Å²) in [6.07, 6.45) is 0.938. The lowest BCUT2D eigenvalue weighted by molar-refractivity contribution is 0.0827. The lowest BCUT2D eigenvalue weighted by Gasteiger charge is -2.22. The van der Waals surface area contributed by atoms with Crippen LogP contribution in [0.25, 0.3) is 11.0 Å². The Balaban J connectivity index is 1.60. The molecule has 168 valence electrons. The summed E-state index contributed by atoms with van der Waals surface area (Å²) in [5.41, 5.74) is 3.36. The molecule has 3 aromatic rings. The summed E-state index contributed by atoms with van der Waals surface area (Å²) in [6, 6.07) is 10.4. The van der Waals surface area contributed by atoms with Crippen LogP contribution in [0.1, 0.15) is 27.1 Å². The van der Waals surface area contributed by atoms with E-state index in [1.807, 2.05) is 12.1 Å². The molecule has 0 atom stereocenters. The SMILES string of the molecule is COc1ccc(N2CCCOCC2)c2nc(NC(=O)c3ccc(C(=O)N(C)C)cc3)[nH]c12. The van der Waals surface area contributed by atoms with Crippen molar-refractivity contribution in [3.05, 3.63) is 47.5 Å². The number of methoxy groups -OCH3 is 1. The molecule has 9 nitrogen and oxygen atoms in total. The Morgan fingerprint density at radius 2 is 1.84 bits per heavy atom. The van der Waals surface area contributed by atoms with Crippen LogP contribution in [0.3, 0.4) is 0 Å². The number of benzene rings is 2. The molecule has 2 N–H and O–H groups in total. The van der Waals surface area contributed by atoms with Crippen LogP contribution in [-0.2, 0) is 4.74 Å². The lowest BCUT2D eigenvalue weighted by Crippen LogP contribution is -2.26. The third kappa shape index (κ3) is 4.38. The van der Waals surface area contributed by atoms with E-state index in [1.54, 1.807) is 45.5 Å². The van der Waals surface area contributed by atoms with E-state index in [1.165, 1.54) is 4.90 Å². The molecule has 0 spiro atoms. The normalized spacial score (nSPS) is 14.2. The standard InChI is InChI=1S/C23H27N5O4/c1-27(2)22(30)16-7-5-15(6-8-16)21(29)26-23-24-19-17(28-11-4-13-32-14-12-28)9-10-18(31-3)20(19)25-23/h5-10H,4,11-14H2,1-3H3,(H2,24,25,26,29). The molecule has 1 fully saturated rings. The molecule has 1 saturated heterocycles. The fraction of sp³-hybridized carbons (Fsp3) is 0.348. The molecule has 1 aliphatic heterocycles. The summed E-state index contributed by atoms with van der Waals surface area (Å²) >= 11 is 0. The zero-order chi connectivity index (χ0) is 22.7. The number of imidazole rings is 1. The minimum atomic E-state index is -0.323.